The van der Waals surface area contributed by atoms with E-state index in [-0.39, 0.29) is 0 Å². The van der Waals surface area contributed by atoms with E-state index in [2.05, 4.69) is 48.5 Å². The van der Waals surface area contributed by atoms with E-state index < -0.39 is 0 Å². The number of rotatable bonds is 4. The molecular weight excluding hydrogens is 408 g/mol. The van der Waals surface area contributed by atoms with Gasteiger partial charge in [0.2, 0.25) is 0 Å². The molecule has 33 heavy (non-hydrogen) atoms. The largest absolute Gasteiger partial charge is 0.383 e. The van der Waals surface area contributed by atoms with Crippen LogP contribution in [0.25, 0.3) is 28.0 Å². The van der Waals surface area contributed by atoms with Gasteiger partial charge in [0, 0.05) is 46.5 Å². The Morgan fingerprint density at radius 3 is 2.39 bits per heavy atom. The molecule has 2 saturated heterocycles. The number of pyridine rings is 1. The van der Waals surface area contributed by atoms with Gasteiger partial charge in [-0.05, 0) is 37.7 Å². The van der Waals surface area contributed by atoms with Crippen LogP contribution in [0.2, 0.25) is 0 Å². The molecule has 0 radical (unpaired) electrons. The van der Waals surface area contributed by atoms with Crippen LogP contribution in [-0.2, 0) is 0 Å². The molecule has 0 amide bonds. The van der Waals surface area contributed by atoms with Crippen molar-refractivity contribution < 1.29 is 0 Å². The number of hydrogen-bond acceptors (Lipinski definition) is 5. The summed E-state index contributed by atoms with van der Waals surface area (Å²) >= 11 is 0. The zero-order valence-electron chi connectivity index (χ0n) is 19.2. The maximum Gasteiger partial charge on any atom is 0.165 e. The van der Waals surface area contributed by atoms with Crippen LogP contribution in [0.4, 0.5) is 5.82 Å². The molecule has 3 atom stereocenters. The minimum atomic E-state index is 0.295. The Bertz CT molecular complexity index is 1280. The number of piperidine rings is 1. The van der Waals surface area contributed by atoms with Crippen LogP contribution in [0.15, 0.2) is 54.9 Å². The monoisotopic (exact) mass is 438 g/mol. The minimum Gasteiger partial charge on any atom is -0.383 e. The summed E-state index contributed by atoms with van der Waals surface area (Å²) in [5.74, 6) is 1.45. The molecule has 0 saturated carbocycles. The van der Waals surface area contributed by atoms with Gasteiger partial charge in [-0.1, -0.05) is 50.2 Å². The highest BCUT2D eigenvalue weighted by Crippen LogP contribution is 2.41. The van der Waals surface area contributed by atoms with Crippen molar-refractivity contribution in [3.05, 3.63) is 66.1 Å². The normalized spacial score (nSPS) is 22.3. The second-order valence-corrected chi connectivity index (χ2v) is 9.85. The first-order valence-corrected chi connectivity index (χ1v) is 12.0. The highest BCUT2D eigenvalue weighted by molar-refractivity contribution is 5.79. The SMILES string of the molecule is CC(C)c1c([C@@H]2C[C@H]3CC[C@@H](C2)N3)nc2c(-c3ccc(-c4ccccc4)nc3)cnn2c1N. The number of nitrogens with zero attached hydrogens (tertiary/aromatic N) is 4. The van der Waals surface area contributed by atoms with Crippen LogP contribution in [0.5, 0.6) is 0 Å². The van der Waals surface area contributed by atoms with Gasteiger partial charge < -0.3 is 11.1 Å². The Kier molecular flexibility index (Phi) is 4.91. The number of fused-ring (bicyclic) bond motifs is 3. The topological polar surface area (TPSA) is 81.1 Å². The number of hydrogen-bond donors (Lipinski definition) is 2. The number of benzene rings is 1. The van der Waals surface area contributed by atoms with Gasteiger partial charge >= 0.3 is 0 Å². The molecule has 3 N–H and O–H groups in total. The second-order valence-electron chi connectivity index (χ2n) is 9.85. The van der Waals surface area contributed by atoms with Crippen molar-refractivity contribution in [2.45, 2.75) is 63.5 Å². The average molecular weight is 439 g/mol. The van der Waals surface area contributed by atoms with Gasteiger partial charge in [0.1, 0.15) is 5.82 Å². The van der Waals surface area contributed by atoms with E-state index in [0.717, 1.165) is 52.3 Å². The van der Waals surface area contributed by atoms with Crippen LogP contribution < -0.4 is 11.1 Å². The zero-order chi connectivity index (χ0) is 22.5. The highest BCUT2D eigenvalue weighted by Gasteiger charge is 2.36. The number of nitrogen functional groups attached to an aromatic ring is 1. The van der Waals surface area contributed by atoms with Gasteiger partial charge in [0.05, 0.1) is 17.6 Å². The van der Waals surface area contributed by atoms with Crippen LogP contribution in [0.1, 0.15) is 62.6 Å². The molecule has 168 valence electrons. The van der Waals surface area contributed by atoms with Gasteiger partial charge in [-0.2, -0.15) is 9.61 Å². The second kappa shape index (κ2) is 7.96. The van der Waals surface area contributed by atoms with Crippen LogP contribution in [0.3, 0.4) is 0 Å². The standard InChI is InChI=1S/C27H30N6/c1-16(2)24-25(19-12-20-9-10-21(13-19)31-20)32-27-22(15-30-33(27)26(24)28)18-8-11-23(29-14-18)17-6-4-3-5-7-17/h3-8,11,14-16,19-21,31H,9-10,12-13,28H2,1-2H3/t19-,20-,21+. The Labute approximate surface area is 194 Å². The summed E-state index contributed by atoms with van der Waals surface area (Å²) in [7, 11) is 0. The smallest absolute Gasteiger partial charge is 0.165 e. The third-order valence-electron chi connectivity index (χ3n) is 7.33. The number of anilines is 1. The molecule has 5 heterocycles. The van der Waals surface area contributed by atoms with Gasteiger partial charge in [0.25, 0.3) is 0 Å². The van der Waals surface area contributed by atoms with Crippen LogP contribution in [0, 0.1) is 0 Å². The predicted octanol–water partition coefficient (Wildman–Crippen LogP) is 5.16. The fourth-order valence-electron chi connectivity index (χ4n) is 5.77. The van der Waals surface area contributed by atoms with Crippen molar-refractivity contribution in [3.8, 4) is 22.4 Å². The van der Waals surface area contributed by atoms with E-state index in [9.17, 15) is 0 Å². The Morgan fingerprint density at radius 2 is 1.73 bits per heavy atom. The van der Waals surface area contributed by atoms with Crippen molar-refractivity contribution in [2.75, 3.05) is 5.73 Å². The fourth-order valence-corrected chi connectivity index (χ4v) is 5.77. The quantitative estimate of drug-likeness (QED) is 0.460. The lowest BCUT2D eigenvalue weighted by molar-refractivity contribution is 0.357. The molecule has 2 bridgehead atoms. The predicted molar refractivity (Wildman–Crippen MR) is 132 cm³/mol. The molecular formula is C27H30N6. The summed E-state index contributed by atoms with van der Waals surface area (Å²) in [6.45, 7) is 4.41. The fraction of sp³-hybridized carbons (Fsp3) is 0.370. The summed E-state index contributed by atoms with van der Waals surface area (Å²) in [4.78, 5) is 9.98. The van der Waals surface area contributed by atoms with Crippen LogP contribution in [-0.4, -0.2) is 31.7 Å². The lowest BCUT2D eigenvalue weighted by atomic mass is 9.85. The third-order valence-corrected chi connectivity index (χ3v) is 7.33. The average Bonchev–Trinajstić information content (AvgIpc) is 3.42. The van der Waals surface area contributed by atoms with Gasteiger partial charge in [-0.25, -0.2) is 4.98 Å². The molecule has 1 aromatic carbocycles. The number of nitrogens with one attached hydrogen (secondary N) is 1. The Morgan fingerprint density at radius 1 is 0.970 bits per heavy atom. The lowest BCUT2D eigenvalue weighted by Gasteiger charge is -2.31. The molecule has 6 heteroatoms. The Hall–Kier alpha value is -3.25. The summed E-state index contributed by atoms with van der Waals surface area (Å²) in [6.07, 6.45) is 8.60. The highest BCUT2D eigenvalue weighted by atomic mass is 15.3. The first kappa shape index (κ1) is 20.4. The Balaban J connectivity index is 1.44. The van der Waals surface area contributed by atoms with Gasteiger partial charge in [-0.3, -0.25) is 4.98 Å². The molecule has 2 fully saturated rings. The van der Waals surface area contributed by atoms with Crippen molar-refractivity contribution in [1.82, 2.24) is 24.9 Å². The van der Waals surface area contributed by atoms with E-state index in [4.69, 9.17) is 15.7 Å². The van der Waals surface area contributed by atoms with Crippen molar-refractivity contribution in [1.29, 1.82) is 0 Å². The van der Waals surface area contributed by atoms with Crippen LogP contribution >= 0.6 is 0 Å². The first-order valence-electron chi connectivity index (χ1n) is 12.0. The van der Waals surface area contributed by atoms with E-state index >= 15 is 0 Å². The molecule has 2 aliphatic heterocycles. The summed E-state index contributed by atoms with van der Waals surface area (Å²) in [6, 6.07) is 15.6. The molecule has 4 aromatic rings. The number of aromatic nitrogens is 4. The molecule has 0 aliphatic carbocycles. The summed E-state index contributed by atoms with van der Waals surface area (Å²) in [5, 5.41) is 8.39. The molecule has 0 unspecified atom stereocenters. The van der Waals surface area contributed by atoms with Crippen molar-refractivity contribution in [2.24, 2.45) is 0 Å². The molecule has 3 aromatic heterocycles. The summed E-state index contributed by atoms with van der Waals surface area (Å²) in [5.41, 5.74) is 13.9. The molecule has 6 rings (SSSR count). The van der Waals surface area contributed by atoms with E-state index in [0.29, 0.717) is 23.9 Å². The van der Waals surface area contributed by atoms with Crippen molar-refractivity contribution >= 4 is 11.5 Å². The molecule has 6 nitrogen and oxygen atoms in total. The van der Waals surface area contributed by atoms with Gasteiger partial charge in [0.15, 0.2) is 5.65 Å². The van der Waals surface area contributed by atoms with Crippen molar-refractivity contribution in [3.63, 3.8) is 0 Å². The van der Waals surface area contributed by atoms with E-state index in [1.165, 1.54) is 18.5 Å². The minimum absolute atomic E-state index is 0.295. The first-order chi connectivity index (χ1) is 16.1. The summed E-state index contributed by atoms with van der Waals surface area (Å²) < 4.78 is 1.81. The molecule has 2 aliphatic rings. The lowest BCUT2D eigenvalue weighted by Crippen LogP contribution is -2.37. The van der Waals surface area contributed by atoms with E-state index in [1.54, 1.807) is 0 Å². The third kappa shape index (κ3) is 3.49. The number of nitrogens with two attached hydrogens (primary N) is 1. The zero-order valence-corrected chi connectivity index (χ0v) is 19.2. The maximum absolute atomic E-state index is 6.73. The maximum atomic E-state index is 6.73. The van der Waals surface area contributed by atoms with Gasteiger partial charge in [-0.15, -0.1) is 0 Å². The van der Waals surface area contributed by atoms with E-state index in [1.807, 2.05) is 35.1 Å². The molecule has 0 spiro atoms.